The van der Waals surface area contributed by atoms with Crippen molar-refractivity contribution in [3.05, 3.63) is 46.6 Å². The van der Waals surface area contributed by atoms with Gasteiger partial charge in [-0.1, -0.05) is 22.0 Å². The lowest BCUT2D eigenvalue weighted by molar-refractivity contribution is -0.276. The highest BCUT2D eigenvalue weighted by atomic mass is 79.9. The maximum absolute atomic E-state index is 12.7. The van der Waals surface area contributed by atoms with Crippen LogP contribution in [0.4, 0.5) is 18.9 Å². The van der Waals surface area contributed by atoms with E-state index in [1.807, 2.05) is 0 Å². The third kappa shape index (κ3) is 3.77. The number of alkyl halides is 3. The van der Waals surface area contributed by atoms with Crippen molar-refractivity contribution in [3.8, 4) is 11.6 Å². The Bertz CT molecular complexity index is 844. The summed E-state index contributed by atoms with van der Waals surface area (Å²) in [7, 11) is 0. The summed E-state index contributed by atoms with van der Waals surface area (Å²) in [6.45, 7) is 3.30. The number of hydrogen-bond acceptors (Lipinski definition) is 4. The van der Waals surface area contributed by atoms with E-state index in [4.69, 9.17) is 4.74 Å². The number of hydrogen-bond donors (Lipinski definition) is 0. The van der Waals surface area contributed by atoms with E-state index in [1.54, 1.807) is 38.1 Å². The highest BCUT2D eigenvalue weighted by molar-refractivity contribution is 9.10. The van der Waals surface area contributed by atoms with Gasteiger partial charge in [0.05, 0.1) is 17.4 Å². The minimum atomic E-state index is -4.84. The van der Waals surface area contributed by atoms with Crippen molar-refractivity contribution in [2.45, 2.75) is 32.4 Å². The number of benzene rings is 1. The van der Waals surface area contributed by atoms with E-state index in [2.05, 4.69) is 25.7 Å². The Morgan fingerprint density at radius 3 is 2.73 bits per heavy atom. The molecule has 5 nitrogen and oxygen atoms in total. The Morgan fingerprint density at radius 1 is 1.31 bits per heavy atom. The average molecular weight is 431 g/mol. The monoisotopic (exact) mass is 430 g/mol. The van der Waals surface area contributed by atoms with Gasteiger partial charge in [-0.3, -0.25) is 9.69 Å². The summed E-state index contributed by atoms with van der Waals surface area (Å²) in [6.07, 6.45) is -5.56. The van der Waals surface area contributed by atoms with Gasteiger partial charge in [-0.25, -0.2) is 4.98 Å². The van der Waals surface area contributed by atoms with Gasteiger partial charge >= 0.3 is 6.36 Å². The topological polar surface area (TPSA) is 51.7 Å². The van der Waals surface area contributed by atoms with Crippen LogP contribution in [-0.2, 0) is 4.79 Å². The normalized spacial score (nSPS) is 18.2. The van der Waals surface area contributed by atoms with Crippen molar-refractivity contribution in [1.29, 1.82) is 0 Å². The van der Waals surface area contributed by atoms with Crippen molar-refractivity contribution in [2.75, 3.05) is 4.90 Å². The van der Waals surface area contributed by atoms with Gasteiger partial charge in [-0.05, 0) is 38.1 Å². The molecule has 2 heterocycles. The molecule has 26 heavy (non-hydrogen) atoms. The minimum absolute atomic E-state index is 0.267. The second kappa shape index (κ2) is 6.79. The Labute approximate surface area is 155 Å². The first-order chi connectivity index (χ1) is 12.2. The quantitative estimate of drug-likeness (QED) is 0.712. The first kappa shape index (κ1) is 18.5. The SMILES string of the molecule is C[C@H]1Oc2cc(Br)ccc2N([C@@H](C)c2cccc(OC(F)(F)F)n2)C1=O. The van der Waals surface area contributed by atoms with E-state index < -0.39 is 24.4 Å². The van der Waals surface area contributed by atoms with Crippen LogP contribution in [0.1, 0.15) is 25.6 Å². The van der Waals surface area contributed by atoms with Crippen LogP contribution in [0, 0.1) is 0 Å². The molecule has 138 valence electrons. The molecular weight excluding hydrogens is 417 g/mol. The summed E-state index contributed by atoms with van der Waals surface area (Å²) in [4.78, 5) is 18.0. The molecule has 0 N–H and O–H groups in total. The van der Waals surface area contributed by atoms with Gasteiger partial charge in [-0.15, -0.1) is 13.2 Å². The fraction of sp³-hybridized carbons (Fsp3) is 0.294. The Kier molecular flexibility index (Phi) is 4.83. The number of carbonyl (C=O) groups is 1. The molecule has 3 rings (SSSR count). The molecule has 0 spiro atoms. The van der Waals surface area contributed by atoms with Crippen LogP contribution in [0.25, 0.3) is 0 Å². The summed E-state index contributed by atoms with van der Waals surface area (Å²) in [5, 5.41) is 0. The predicted molar refractivity (Wildman–Crippen MR) is 91.1 cm³/mol. The number of nitrogens with zero attached hydrogens (tertiary/aromatic N) is 2. The first-order valence-corrected chi connectivity index (χ1v) is 8.47. The smallest absolute Gasteiger partial charge is 0.479 e. The van der Waals surface area contributed by atoms with E-state index in [0.29, 0.717) is 11.4 Å². The maximum atomic E-state index is 12.7. The van der Waals surface area contributed by atoms with Gasteiger partial charge in [0.2, 0.25) is 5.88 Å². The molecule has 1 aliphatic rings. The molecule has 9 heteroatoms. The number of carbonyl (C=O) groups excluding carboxylic acids is 1. The molecule has 1 aromatic carbocycles. The third-order valence-corrected chi connectivity index (χ3v) is 4.34. The Balaban J connectivity index is 1.98. The standard InChI is InChI=1S/C17H14BrF3N2O3/c1-9(12-4-3-5-15(22-12)26-17(19,20)21)23-13-7-6-11(18)8-14(13)25-10(2)16(23)24/h3-10H,1-2H3/t9-,10+/m0/s1. The van der Waals surface area contributed by atoms with E-state index in [-0.39, 0.29) is 11.6 Å². The molecule has 0 saturated heterocycles. The van der Waals surface area contributed by atoms with Crippen LogP contribution in [0.5, 0.6) is 11.6 Å². The van der Waals surface area contributed by atoms with Crippen LogP contribution in [0.15, 0.2) is 40.9 Å². The van der Waals surface area contributed by atoms with Crippen LogP contribution < -0.4 is 14.4 Å². The summed E-state index contributed by atoms with van der Waals surface area (Å²) in [5.74, 6) is -0.385. The summed E-state index contributed by atoms with van der Waals surface area (Å²) in [6, 6.07) is 8.62. The molecule has 1 amide bonds. The summed E-state index contributed by atoms with van der Waals surface area (Å²) in [5.41, 5.74) is 0.788. The third-order valence-electron chi connectivity index (χ3n) is 3.85. The van der Waals surface area contributed by atoms with E-state index in [9.17, 15) is 18.0 Å². The molecule has 0 unspecified atom stereocenters. The number of pyridine rings is 1. The fourth-order valence-electron chi connectivity index (χ4n) is 2.71. The highest BCUT2D eigenvalue weighted by Gasteiger charge is 2.36. The maximum Gasteiger partial charge on any atom is 0.574 e. The molecule has 1 aromatic heterocycles. The molecule has 0 radical (unpaired) electrons. The number of halogens is 4. The lowest BCUT2D eigenvalue weighted by Gasteiger charge is -2.36. The van der Waals surface area contributed by atoms with Crippen molar-refractivity contribution in [3.63, 3.8) is 0 Å². The molecule has 2 atom stereocenters. The lowest BCUT2D eigenvalue weighted by Crippen LogP contribution is -2.45. The number of amides is 1. The molecular formula is C17H14BrF3N2O3. The molecule has 0 saturated carbocycles. The van der Waals surface area contributed by atoms with Crippen molar-refractivity contribution >= 4 is 27.5 Å². The molecule has 1 aliphatic heterocycles. The van der Waals surface area contributed by atoms with Gasteiger partial charge in [-0.2, -0.15) is 0 Å². The van der Waals surface area contributed by atoms with Crippen molar-refractivity contribution in [2.24, 2.45) is 0 Å². The average Bonchev–Trinajstić information content (AvgIpc) is 2.54. The highest BCUT2D eigenvalue weighted by Crippen LogP contribution is 2.40. The zero-order valence-electron chi connectivity index (χ0n) is 13.7. The zero-order valence-corrected chi connectivity index (χ0v) is 15.3. The summed E-state index contributed by atoms with van der Waals surface area (Å²) >= 11 is 3.35. The lowest BCUT2D eigenvalue weighted by atomic mass is 10.1. The molecule has 2 aromatic rings. The second-order valence-electron chi connectivity index (χ2n) is 5.70. The number of rotatable bonds is 3. The largest absolute Gasteiger partial charge is 0.574 e. The van der Waals surface area contributed by atoms with E-state index in [0.717, 1.165) is 10.5 Å². The number of aromatic nitrogens is 1. The first-order valence-electron chi connectivity index (χ1n) is 7.67. The van der Waals surface area contributed by atoms with Crippen LogP contribution >= 0.6 is 15.9 Å². The molecule has 0 fully saturated rings. The van der Waals surface area contributed by atoms with Crippen molar-refractivity contribution < 1.29 is 27.4 Å². The van der Waals surface area contributed by atoms with Crippen LogP contribution in [0.2, 0.25) is 0 Å². The van der Waals surface area contributed by atoms with Gasteiger partial charge < -0.3 is 9.47 Å². The van der Waals surface area contributed by atoms with Gasteiger partial charge in [0.1, 0.15) is 5.75 Å². The van der Waals surface area contributed by atoms with Gasteiger partial charge in [0, 0.05) is 10.5 Å². The van der Waals surface area contributed by atoms with Gasteiger partial charge in [0.15, 0.2) is 6.10 Å². The van der Waals surface area contributed by atoms with E-state index in [1.165, 1.54) is 11.0 Å². The fourth-order valence-corrected chi connectivity index (χ4v) is 3.05. The molecule has 0 aliphatic carbocycles. The minimum Gasteiger partial charge on any atom is -0.479 e. The van der Waals surface area contributed by atoms with Gasteiger partial charge in [0.25, 0.3) is 5.91 Å². The second-order valence-corrected chi connectivity index (χ2v) is 6.62. The molecule has 0 bridgehead atoms. The van der Waals surface area contributed by atoms with Crippen molar-refractivity contribution in [1.82, 2.24) is 4.98 Å². The zero-order chi connectivity index (χ0) is 19.1. The van der Waals surface area contributed by atoms with Crippen LogP contribution in [0.3, 0.4) is 0 Å². The Morgan fingerprint density at radius 2 is 2.04 bits per heavy atom. The number of anilines is 1. The van der Waals surface area contributed by atoms with E-state index >= 15 is 0 Å². The summed E-state index contributed by atoms with van der Waals surface area (Å²) < 4.78 is 47.6. The number of ether oxygens (including phenoxy) is 2. The predicted octanol–water partition coefficient (Wildman–Crippen LogP) is 4.62. The Hall–Kier alpha value is -2.29. The van der Waals surface area contributed by atoms with Crippen LogP contribution in [-0.4, -0.2) is 23.4 Å². The number of fused-ring (bicyclic) bond motifs is 1.